The highest BCUT2D eigenvalue weighted by molar-refractivity contribution is 9.10. The number of benzene rings is 1. The van der Waals surface area contributed by atoms with E-state index in [1.807, 2.05) is 18.2 Å². The molecule has 0 aliphatic heterocycles. The summed E-state index contributed by atoms with van der Waals surface area (Å²) >= 11 is 3.30. The Morgan fingerprint density at radius 2 is 2.17 bits per heavy atom. The Hall–Kier alpha value is -0.850. The first-order valence-corrected chi connectivity index (χ1v) is 4.30. The molecule has 0 bridgehead atoms. The lowest BCUT2D eigenvalue weighted by molar-refractivity contribution is 0.194. The Morgan fingerprint density at radius 3 is 2.75 bits per heavy atom. The van der Waals surface area contributed by atoms with Gasteiger partial charge in [0, 0.05) is 10.0 Å². The van der Waals surface area contributed by atoms with Gasteiger partial charge < -0.3 is 9.95 Å². The predicted molar refractivity (Wildman–Crippen MR) is 50.6 cm³/mol. The third-order valence-electron chi connectivity index (χ3n) is 1.53. The molecular weight excluding hydrogens is 218 g/mol. The number of aliphatic hydroxyl groups excluding tert-OH is 1. The van der Waals surface area contributed by atoms with Crippen LogP contribution in [0.15, 0.2) is 28.7 Å². The lowest BCUT2D eigenvalue weighted by Gasteiger charge is -2.05. The monoisotopic (exact) mass is 225 g/mol. The molecule has 0 fully saturated rings. The number of nitrogens with zero attached hydrogens (tertiary/aromatic N) is 1. The summed E-state index contributed by atoms with van der Waals surface area (Å²) < 4.78 is 0.848. The molecule has 1 atom stereocenters. The smallest absolute Gasteiger partial charge is 0.244 e. The van der Waals surface area contributed by atoms with Crippen molar-refractivity contribution in [2.45, 2.75) is 6.10 Å². The fourth-order valence-corrected chi connectivity index (χ4v) is 1.48. The van der Waals surface area contributed by atoms with Crippen LogP contribution >= 0.6 is 15.9 Å². The highest BCUT2D eigenvalue weighted by atomic mass is 79.9. The molecule has 0 saturated heterocycles. The average Bonchev–Trinajstić information content (AvgIpc) is 2.05. The number of hydrogen-bond donors (Lipinski definition) is 1. The second kappa shape index (κ2) is 4.24. The summed E-state index contributed by atoms with van der Waals surface area (Å²) in [4.78, 5) is 3.13. The standard InChI is InChI=1S/C9H8BrNO/c1-11-6-9(12)7-4-2-3-5-8(7)10/h2-5,9,12H,6H2. The van der Waals surface area contributed by atoms with E-state index < -0.39 is 6.10 Å². The van der Waals surface area contributed by atoms with Crippen LogP contribution in [0.2, 0.25) is 0 Å². The zero-order chi connectivity index (χ0) is 8.97. The zero-order valence-corrected chi connectivity index (χ0v) is 7.95. The van der Waals surface area contributed by atoms with Gasteiger partial charge in [0.1, 0.15) is 0 Å². The molecule has 1 rings (SSSR count). The highest BCUT2D eigenvalue weighted by Crippen LogP contribution is 2.22. The first-order chi connectivity index (χ1) is 5.75. The molecule has 0 aliphatic carbocycles. The van der Waals surface area contributed by atoms with Gasteiger partial charge in [0.15, 0.2) is 6.10 Å². The lowest BCUT2D eigenvalue weighted by Crippen LogP contribution is -2.00. The van der Waals surface area contributed by atoms with Crippen LogP contribution in [0.5, 0.6) is 0 Å². The van der Waals surface area contributed by atoms with Gasteiger partial charge in [-0.05, 0) is 6.07 Å². The average molecular weight is 226 g/mol. The maximum atomic E-state index is 9.46. The van der Waals surface area contributed by atoms with Gasteiger partial charge in [-0.3, -0.25) is 0 Å². The quantitative estimate of drug-likeness (QED) is 0.769. The maximum Gasteiger partial charge on any atom is 0.244 e. The van der Waals surface area contributed by atoms with E-state index >= 15 is 0 Å². The molecule has 3 heteroatoms. The molecule has 0 aromatic heterocycles. The van der Waals surface area contributed by atoms with Crippen LogP contribution in [-0.2, 0) is 0 Å². The summed E-state index contributed by atoms with van der Waals surface area (Å²) in [5.41, 5.74) is 0.772. The van der Waals surface area contributed by atoms with Crippen LogP contribution in [-0.4, -0.2) is 11.7 Å². The molecule has 1 N–H and O–H groups in total. The number of rotatable bonds is 2. The summed E-state index contributed by atoms with van der Waals surface area (Å²) in [7, 11) is 0. The minimum absolute atomic E-state index is 0.114. The minimum Gasteiger partial charge on any atom is -0.381 e. The Morgan fingerprint density at radius 1 is 1.50 bits per heavy atom. The van der Waals surface area contributed by atoms with E-state index in [1.165, 1.54) is 0 Å². The van der Waals surface area contributed by atoms with E-state index in [1.54, 1.807) is 6.07 Å². The second-order valence-electron chi connectivity index (χ2n) is 2.38. The largest absolute Gasteiger partial charge is 0.381 e. The summed E-state index contributed by atoms with van der Waals surface area (Å²) in [6.07, 6.45) is -0.682. The van der Waals surface area contributed by atoms with Crippen LogP contribution in [0.4, 0.5) is 0 Å². The molecule has 0 aliphatic rings. The van der Waals surface area contributed by atoms with Crippen LogP contribution in [0.1, 0.15) is 11.7 Å². The predicted octanol–water partition coefficient (Wildman–Crippen LogP) is 2.40. The first kappa shape index (κ1) is 9.24. The Bertz CT molecular complexity index is 306. The molecule has 1 unspecified atom stereocenters. The van der Waals surface area contributed by atoms with Crippen LogP contribution in [0.3, 0.4) is 0 Å². The van der Waals surface area contributed by atoms with Crippen molar-refractivity contribution in [3.05, 3.63) is 45.7 Å². The molecule has 0 amide bonds. The topological polar surface area (TPSA) is 24.6 Å². The molecule has 1 aromatic carbocycles. The fraction of sp³-hybridized carbons (Fsp3) is 0.222. The summed E-state index contributed by atoms with van der Waals surface area (Å²) in [6, 6.07) is 7.37. The van der Waals surface area contributed by atoms with Crippen molar-refractivity contribution in [1.29, 1.82) is 0 Å². The van der Waals surface area contributed by atoms with Gasteiger partial charge in [-0.2, -0.15) is 0 Å². The summed E-state index contributed by atoms with van der Waals surface area (Å²) in [5, 5.41) is 9.46. The third-order valence-corrected chi connectivity index (χ3v) is 2.25. The highest BCUT2D eigenvalue weighted by Gasteiger charge is 2.12. The van der Waals surface area contributed by atoms with Gasteiger partial charge in [-0.25, -0.2) is 6.57 Å². The van der Waals surface area contributed by atoms with Crippen molar-refractivity contribution in [2.75, 3.05) is 6.54 Å². The molecule has 0 saturated carbocycles. The SMILES string of the molecule is [C-]#[N+]CC(O)c1ccccc1Br. The van der Waals surface area contributed by atoms with E-state index in [0.717, 1.165) is 10.0 Å². The molecule has 62 valence electrons. The number of aliphatic hydroxyl groups is 1. The van der Waals surface area contributed by atoms with Gasteiger partial charge in [-0.15, -0.1) is 0 Å². The van der Waals surface area contributed by atoms with E-state index in [2.05, 4.69) is 20.8 Å². The molecule has 12 heavy (non-hydrogen) atoms. The van der Waals surface area contributed by atoms with Gasteiger partial charge in [0.25, 0.3) is 0 Å². The Labute approximate surface area is 79.8 Å². The molecule has 0 spiro atoms. The molecule has 0 radical (unpaired) electrons. The fourth-order valence-electron chi connectivity index (χ4n) is 0.930. The molecule has 0 heterocycles. The van der Waals surface area contributed by atoms with Crippen molar-refractivity contribution in [1.82, 2.24) is 0 Å². The second-order valence-corrected chi connectivity index (χ2v) is 3.23. The first-order valence-electron chi connectivity index (χ1n) is 3.51. The minimum atomic E-state index is -0.682. The van der Waals surface area contributed by atoms with Crippen molar-refractivity contribution in [2.24, 2.45) is 0 Å². The van der Waals surface area contributed by atoms with Crippen molar-refractivity contribution in [3.63, 3.8) is 0 Å². The summed E-state index contributed by atoms with van der Waals surface area (Å²) in [5.74, 6) is 0. The van der Waals surface area contributed by atoms with Gasteiger partial charge >= 0.3 is 0 Å². The molecular formula is C9H8BrNO. The number of hydrogen-bond acceptors (Lipinski definition) is 1. The van der Waals surface area contributed by atoms with Crippen LogP contribution in [0, 0.1) is 6.57 Å². The lowest BCUT2D eigenvalue weighted by atomic mass is 10.1. The van der Waals surface area contributed by atoms with Crippen molar-refractivity contribution < 1.29 is 5.11 Å². The summed E-state index contributed by atoms with van der Waals surface area (Å²) in [6.45, 7) is 6.72. The zero-order valence-electron chi connectivity index (χ0n) is 6.37. The van der Waals surface area contributed by atoms with Crippen molar-refractivity contribution >= 4 is 15.9 Å². The third kappa shape index (κ3) is 2.07. The maximum absolute atomic E-state index is 9.46. The van der Waals surface area contributed by atoms with E-state index in [0.29, 0.717) is 0 Å². The van der Waals surface area contributed by atoms with Gasteiger partial charge in [0.05, 0.1) is 0 Å². The van der Waals surface area contributed by atoms with E-state index in [9.17, 15) is 5.11 Å². The Kier molecular flexibility index (Phi) is 3.27. The van der Waals surface area contributed by atoms with Crippen LogP contribution < -0.4 is 0 Å². The van der Waals surface area contributed by atoms with E-state index in [-0.39, 0.29) is 6.54 Å². The van der Waals surface area contributed by atoms with E-state index in [4.69, 9.17) is 6.57 Å². The molecule has 1 aromatic rings. The number of halogens is 1. The van der Waals surface area contributed by atoms with Gasteiger partial charge in [-0.1, -0.05) is 34.1 Å². The Balaban J connectivity index is 2.88. The van der Waals surface area contributed by atoms with Gasteiger partial charge in [0.2, 0.25) is 6.54 Å². The molecule has 2 nitrogen and oxygen atoms in total. The van der Waals surface area contributed by atoms with Crippen LogP contribution in [0.25, 0.3) is 4.85 Å². The van der Waals surface area contributed by atoms with Crippen molar-refractivity contribution in [3.8, 4) is 0 Å². The normalized spacial score (nSPS) is 12.1.